The molecule has 0 atom stereocenters. The fourth-order valence-corrected chi connectivity index (χ4v) is 4.22. The highest BCUT2D eigenvalue weighted by Crippen LogP contribution is 2.17. The largest absolute Gasteiger partial charge is 0.299 e. The molecule has 128 valence electrons. The van der Waals surface area contributed by atoms with Gasteiger partial charge in [-0.2, -0.15) is 0 Å². The smallest absolute Gasteiger partial charge is 0.240 e. The maximum atomic E-state index is 12.5. The zero-order valence-electron chi connectivity index (χ0n) is 14.0. The predicted octanol–water partition coefficient (Wildman–Crippen LogP) is 3.07. The molecule has 24 heavy (non-hydrogen) atoms. The number of rotatable bonds is 6. The van der Waals surface area contributed by atoms with E-state index in [1.807, 2.05) is 31.2 Å². The Labute approximate surface area is 144 Å². The normalized spacial score (nSPS) is 15.7. The summed E-state index contributed by atoms with van der Waals surface area (Å²) < 4.78 is 27.7. The van der Waals surface area contributed by atoms with Crippen molar-refractivity contribution in [3.63, 3.8) is 0 Å². The Bertz CT molecular complexity index is 797. The Morgan fingerprint density at radius 3 is 2.42 bits per heavy atom. The van der Waals surface area contributed by atoms with Crippen LogP contribution in [0.3, 0.4) is 0 Å². The first kappa shape index (κ1) is 17.1. The minimum Gasteiger partial charge on any atom is -0.299 e. The highest BCUT2D eigenvalue weighted by molar-refractivity contribution is 7.89. The van der Waals surface area contributed by atoms with E-state index in [1.54, 1.807) is 18.2 Å². The molecule has 0 spiro atoms. The van der Waals surface area contributed by atoms with E-state index in [9.17, 15) is 8.42 Å². The van der Waals surface area contributed by atoms with E-state index >= 15 is 0 Å². The van der Waals surface area contributed by atoms with Gasteiger partial charge in [0.2, 0.25) is 10.0 Å². The molecule has 0 amide bonds. The number of hydrogen-bond donors (Lipinski definition) is 1. The lowest BCUT2D eigenvalue weighted by Gasteiger charge is -2.17. The Morgan fingerprint density at radius 1 is 1.00 bits per heavy atom. The summed E-state index contributed by atoms with van der Waals surface area (Å²) in [6.45, 7) is 5.36. The summed E-state index contributed by atoms with van der Waals surface area (Å²) in [4.78, 5) is 2.74. The van der Waals surface area contributed by atoms with Gasteiger partial charge in [-0.25, -0.2) is 13.1 Å². The number of nitrogens with zero attached hydrogens (tertiary/aromatic N) is 1. The van der Waals surface area contributed by atoms with Crippen LogP contribution in [0.4, 0.5) is 0 Å². The maximum Gasteiger partial charge on any atom is 0.240 e. The summed E-state index contributed by atoms with van der Waals surface area (Å²) in [7, 11) is -3.49. The van der Waals surface area contributed by atoms with Gasteiger partial charge in [-0.3, -0.25) is 4.90 Å². The molecule has 0 radical (unpaired) electrons. The Kier molecular flexibility index (Phi) is 5.33. The van der Waals surface area contributed by atoms with Gasteiger partial charge in [0.1, 0.15) is 0 Å². The van der Waals surface area contributed by atoms with Gasteiger partial charge in [0.15, 0.2) is 0 Å². The van der Waals surface area contributed by atoms with Gasteiger partial charge >= 0.3 is 0 Å². The second kappa shape index (κ2) is 7.47. The fourth-order valence-electron chi connectivity index (χ4n) is 3.10. The van der Waals surface area contributed by atoms with Crippen LogP contribution < -0.4 is 4.72 Å². The third-order valence-electron chi connectivity index (χ3n) is 4.46. The number of aryl methyl sites for hydroxylation is 1. The average Bonchev–Trinajstić information content (AvgIpc) is 3.07. The standard InChI is InChI=1S/C19H24N2O2S/c1-16-7-6-10-19(13-16)24(22,23)20-14-17-8-2-3-9-18(17)15-21-11-4-5-12-21/h2-3,6-10,13,20H,4-5,11-12,14-15H2,1H3. The van der Waals surface area contributed by atoms with Crippen LogP contribution in [0.2, 0.25) is 0 Å². The summed E-state index contributed by atoms with van der Waals surface area (Å²) in [6, 6.07) is 15.1. The lowest BCUT2D eigenvalue weighted by atomic mass is 10.1. The summed E-state index contributed by atoms with van der Waals surface area (Å²) in [5, 5.41) is 0. The van der Waals surface area contributed by atoms with Gasteiger partial charge < -0.3 is 0 Å². The van der Waals surface area contributed by atoms with Gasteiger partial charge in [0.25, 0.3) is 0 Å². The summed E-state index contributed by atoms with van der Waals surface area (Å²) in [5.41, 5.74) is 3.18. The van der Waals surface area contributed by atoms with Crippen LogP contribution in [0.15, 0.2) is 53.4 Å². The summed E-state index contributed by atoms with van der Waals surface area (Å²) in [5.74, 6) is 0. The molecule has 1 fully saturated rings. The van der Waals surface area contributed by atoms with Crippen molar-refractivity contribution in [2.24, 2.45) is 0 Å². The number of nitrogens with one attached hydrogen (secondary N) is 1. The molecular weight excluding hydrogens is 320 g/mol. The number of sulfonamides is 1. The van der Waals surface area contributed by atoms with Gasteiger partial charge in [-0.1, -0.05) is 36.4 Å². The van der Waals surface area contributed by atoms with Crippen molar-refractivity contribution >= 4 is 10.0 Å². The number of hydrogen-bond acceptors (Lipinski definition) is 3. The first-order valence-corrected chi connectivity index (χ1v) is 9.88. The van der Waals surface area contributed by atoms with Gasteiger partial charge in [0.05, 0.1) is 4.90 Å². The van der Waals surface area contributed by atoms with Crippen LogP contribution in [0.1, 0.15) is 29.5 Å². The van der Waals surface area contributed by atoms with Crippen LogP contribution in [0.5, 0.6) is 0 Å². The number of benzene rings is 2. The predicted molar refractivity (Wildman–Crippen MR) is 96.2 cm³/mol. The summed E-state index contributed by atoms with van der Waals surface area (Å²) >= 11 is 0. The van der Waals surface area contributed by atoms with E-state index in [-0.39, 0.29) is 0 Å². The third kappa shape index (κ3) is 4.23. The quantitative estimate of drug-likeness (QED) is 0.876. The van der Waals surface area contributed by atoms with E-state index in [4.69, 9.17) is 0 Å². The van der Waals surface area contributed by atoms with Crippen molar-refractivity contribution in [1.29, 1.82) is 0 Å². The fraction of sp³-hybridized carbons (Fsp3) is 0.368. The lowest BCUT2D eigenvalue weighted by Crippen LogP contribution is -2.25. The molecule has 5 heteroatoms. The SMILES string of the molecule is Cc1cccc(S(=O)(=O)NCc2ccccc2CN2CCCC2)c1. The van der Waals surface area contributed by atoms with Gasteiger partial charge in [-0.15, -0.1) is 0 Å². The topological polar surface area (TPSA) is 49.4 Å². The minimum absolute atomic E-state index is 0.319. The molecule has 1 aliphatic heterocycles. The second-order valence-electron chi connectivity index (χ2n) is 6.39. The van der Waals surface area contributed by atoms with Crippen molar-refractivity contribution in [2.45, 2.75) is 37.8 Å². The number of likely N-dealkylation sites (tertiary alicyclic amines) is 1. The Balaban J connectivity index is 1.72. The van der Waals surface area contributed by atoms with Gasteiger partial charge in [-0.05, 0) is 61.7 Å². The molecule has 0 unspecified atom stereocenters. The molecule has 0 aliphatic carbocycles. The van der Waals surface area contributed by atoms with E-state index in [1.165, 1.54) is 18.4 Å². The molecule has 3 rings (SSSR count). The van der Waals surface area contributed by atoms with E-state index in [2.05, 4.69) is 15.7 Å². The van der Waals surface area contributed by atoms with Crippen molar-refractivity contribution in [2.75, 3.05) is 13.1 Å². The molecule has 4 nitrogen and oxygen atoms in total. The van der Waals surface area contributed by atoms with Crippen molar-refractivity contribution < 1.29 is 8.42 Å². The van der Waals surface area contributed by atoms with Crippen molar-refractivity contribution in [1.82, 2.24) is 9.62 Å². The van der Waals surface area contributed by atoms with Crippen LogP contribution in [-0.2, 0) is 23.1 Å². The van der Waals surface area contributed by atoms with E-state index < -0.39 is 10.0 Å². The minimum atomic E-state index is -3.49. The molecule has 0 bridgehead atoms. The van der Waals surface area contributed by atoms with E-state index in [0.29, 0.717) is 11.4 Å². The van der Waals surface area contributed by atoms with Crippen LogP contribution in [-0.4, -0.2) is 26.4 Å². The molecule has 1 aliphatic rings. The molecule has 0 saturated carbocycles. The molecule has 1 saturated heterocycles. The Hall–Kier alpha value is -1.69. The third-order valence-corrected chi connectivity index (χ3v) is 5.86. The zero-order chi connectivity index (χ0) is 17.0. The lowest BCUT2D eigenvalue weighted by molar-refractivity contribution is 0.330. The average molecular weight is 344 g/mol. The van der Waals surface area contributed by atoms with Crippen LogP contribution in [0.25, 0.3) is 0 Å². The molecule has 1 N–H and O–H groups in total. The van der Waals surface area contributed by atoms with Gasteiger partial charge in [0, 0.05) is 13.1 Å². The first-order valence-electron chi connectivity index (χ1n) is 8.40. The van der Waals surface area contributed by atoms with Crippen molar-refractivity contribution in [3.8, 4) is 0 Å². The first-order chi connectivity index (χ1) is 11.5. The van der Waals surface area contributed by atoms with E-state index in [0.717, 1.165) is 30.8 Å². The van der Waals surface area contributed by atoms with Crippen molar-refractivity contribution in [3.05, 3.63) is 65.2 Å². The second-order valence-corrected chi connectivity index (χ2v) is 8.16. The van der Waals surface area contributed by atoms with Crippen LogP contribution >= 0.6 is 0 Å². The Morgan fingerprint density at radius 2 is 1.71 bits per heavy atom. The maximum absolute atomic E-state index is 12.5. The summed E-state index contributed by atoms with van der Waals surface area (Å²) in [6.07, 6.45) is 2.50. The highest BCUT2D eigenvalue weighted by atomic mass is 32.2. The monoisotopic (exact) mass is 344 g/mol. The highest BCUT2D eigenvalue weighted by Gasteiger charge is 2.16. The molecule has 0 aromatic heterocycles. The molecule has 1 heterocycles. The molecule has 2 aromatic rings. The zero-order valence-corrected chi connectivity index (χ0v) is 14.8. The van der Waals surface area contributed by atoms with Crippen LogP contribution in [0, 0.1) is 6.92 Å². The molecule has 2 aromatic carbocycles. The molecular formula is C19H24N2O2S.